The average molecular weight is 242 g/mol. The largest absolute Gasteiger partial charge is 0.480 e. The fourth-order valence-corrected chi connectivity index (χ4v) is 2.06. The lowest BCUT2D eigenvalue weighted by Gasteiger charge is -2.34. The van der Waals surface area contributed by atoms with Crippen molar-refractivity contribution in [2.45, 2.75) is 51.6 Å². The summed E-state index contributed by atoms with van der Waals surface area (Å²) in [5.41, 5.74) is -0.624. The van der Waals surface area contributed by atoms with E-state index in [1.807, 2.05) is 6.92 Å². The zero-order chi connectivity index (χ0) is 13.1. The normalized spacial score (nSPS) is 26.6. The zero-order valence-corrected chi connectivity index (χ0v) is 10.7. The van der Waals surface area contributed by atoms with Gasteiger partial charge in [-0.15, -0.1) is 0 Å². The molecule has 0 saturated carbocycles. The molecule has 1 unspecified atom stereocenters. The smallest absolute Gasteiger partial charge is 0.326 e. The number of rotatable bonds is 4. The van der Waals surface area contributed by atoms with E-state index < -0.39 is 17.6 Å². The lowest BCUT2D eigenvalue weighted by molar-refractivity contribution is -0.144. The van der Waals surface area contributed by atoms with Crippen molar-refractivity contribution in [3.8, 4) is 0 Å². The van der Waals surface area contributed by atoms with Gasteiger partial charge in [-0.3, -0.25) is 4.79 Å². The van der Waals surface area contributed by atoms with Crippen LogP contribution in [0.4, 0.5) is 0 Å². The fraction of sp³-hybridized carbons (Fsp3) is 0.833. The highest BCUT2D eigenvalue weighted by Crippen LogP contribution is 2.19. The molecule has 1 heterocycles. The first-order valence-corrected chi connectivity index (χ1v) is 6.15. The van der Waals surface area contributed by atoms with Crippen LogP contribution in [0.25, 0.3) is 0 Å². The van der Waals surface area contributed by atoms with E-state index in [0.29, 0.717) is 0 Å². The van der Waals surface area contributed by atoms with Crippen LogP contribution in [0.3, 0.4) is 0 Å². The molecule has 1 rings (SSSR count). The van der Waals surface area contributed by atoms with Gasteiger partial charge in [-0.05, 0) is 38.6 Å². The Balaban J connectivity index is 2.66. The van der Waals surface area contributed by atoms with Crippen molar-refractivity contribution < 1.29 is 14.7 Å². The molecule has 0 spiro atoms. The first kappa shape index (κ1) is 14.0. The first-order valence-electron chi connectivity index (χ1n) is 6.15. The summed E-state index contributed by atoms with van der Waals surface area (Å²) < 4.78 is 0. The molecule has 0 bridgehead atoms. The Kier molecular flexibility index (Phi) is 4.51. The number of carbonyl (C=O) groups is 2. The molecule has 5 nitrogen and oxygen atoms in total. The van der Waals surface area contributed by atoms with E-state index >= 15 is 0 Å². The molecule has 5 heteroatoms. The van der Waals surface area contributed by atoms with Gasteiger partial charge < -0.3 is 15.7 Å². The zero-order valence-electron chi connectivity index (χ0n) is 10.7. The molecule has 1 amide bonds. The number of amides is 1. The van der Waals surface area contributed by atoms with Crippen molar-refractivity contribution in [2.75, 3.05) is 6.54 Å². The fourth-order valence-electron chi connectivity index (χ4n) is 2.06. The quantitative estimate of drug-likeness (QED) is 0.679. The molecule has 1 saturated heterocycles. The van der Waals surface area contributed by atoms with E-state index in [0.717, 1.165) is 25.8 Å². The summed E-state index contributed by atoms with van der Waals surface area (Å²) in [7, 11) is 0. The van der Waals surface area contributed by atoms with Crippen LogP contribution in [0.2, 0.25) is 0 Å². The number of aliphatic carboxylic acids is 1. The van der Waals surface area contributed by atoms with Gasteiger partial charge in [0.05, 0.1) is 5.54 Å². The predicted octanol–water partition coefficient (Wildman–Crippen LogP) is 0.744. The first-order chi connectivity index (χ1) is 7.87. The van der Waals surface area contributed by atoms with Gasteiger partial charge in [-0.25, -0.2) is 4.79 Å². The van der Waals surface area contributed by atoms with E-state index in [9.17, 15) is 9.59 Å². The lowest BCUT2D eigenvalue weighted by Crippen LogP contribution is -2.60. The van der Waals surface area contributed by atoms with Crippen molar-refractivity contribution in [3.63, 3.8) is 0 Å². The topological polar surface area (TPSA) is 78.4 Å². The second-order valence-electron chi connectivity index (χ2n) is 5.25. The summed E-state index contributed by atoms with van der Waals surface area (Å²) in [5, 5.41) is 14.8. The maximum absolute atomic E-state index is 12.1. The second kappa shape index (κ2) is 5.49. The Bertz CT molecular complexity index is 296. The van der Waals surface area contributed by atoms with Gasteiger partial charge in [-0.2, -0.15) is 0 Å². The molecule has 3 N–H and O–H groups in total. The summed E-state index contributed by atoms with van der Waals surface area (Å²) in [6.07, 6.45) is 2.81. The molecule has 1 aliphatic rings. The third-order valence-electron chi connectivity index (χ3n) is 3.34. The number of carboxylic acid groups (broad SMARTS) is 1. The van der Waals surface area contributed by atoms with Crippen LogP contribution in [0.15, 0.2) is 0 Å². The Labute approximate surface area is 102 Å². The van der Waals surface area contributed by atoms with E-state index in [1.54, 1.807) is 13.8 Å². The number of piperidine rings is 1. The summed E-state index contributed by atoms with van der Waals surface area (Å²) in [6.45, 7) is 6.22. The van der Waals surface area contributed by atoms with Crippen molar-refractivity contribution in [2.24, 2.45) is 5.92 Å². The Morgan fingerprint density at radius 2 is 2.00 bits per heavy atom. The van der Waals surface area contributed by atoms with Crippen LogP contribution >= 0.6 is 0 Å². The van der Waals surface area contributed by atoms with Gasteiger partial charge in [0.15, 0.2) is 0 Å². The number of hydrogen-bond acceptors (Lipinski definition) is 3. The summed E-state index contributed by atoms with van der Waals surface area (Å²) in [6, 6.07) is -0.817. The van der Waals surface area contributed by atoms with Crippen LogP contribution < -0.4 is 10.6 Å². The van der Waals surface area contributed by atoms with Crippen LogP contribution in [0.5, 0.6) is 0 Å². The highest BCUT2D eigenvalue weighted by Gasteiger charge is 2.36. The third-order valence-corrected chi connectivity index (χ3v) is 3.34. The average Bonchev–Trinajstić information content (AvgIpc) is 2.25. The van der Waals surface area contributed by atoms with Crippen LogP contribution in [-0.4, -0.2) is 35.1 Å². The minimum atomic E-state index is -0.979. The van der Waals surface area contributed by atoms with Crippen LogP contribution in [0.1, 0.15) is 40.0 Å². The van der Waals surface area contributed by atoms with Crippen molar-refractivity contribution >= 4 is 11.9 Å². The Morgan fingerprint density at radius 3 is 2.41 bits per heavy atom. The number of hydrogen-bond donors (Lipinski definition) is 3. The number of carboxylic acids is 1. The van der Waals surface area contributed by atoms with E-state index in [1.165, 1.54) is 0 Å². The number of carbonyl (C=O) groups excluding carboxylic acids is 1. The van der Waals surface area contributed by atoms with Gasteiger partial charge in [-0.1, -0.05) is 13.8 Å². The summed E-state index contributed by atoms with van der Waals surface area (Å²) >= 11 is 0. The molecule has 2 atom stereocenters. The molecule has 0 aromatic rings. The second-order valence-corrected chi connectivity index (χ2v) is 5.25. The molecular formula is C12H22N2O3. The van der Waals surface area contributed by atoms with Gasteiger partial charge in [0.2, 0.25) is 5.91 Å². The molecule has 98 valence electrons. The summed E-state index contributed by atoms with van der Waals surface area (Å²) in [5.74, 6) is -1.31. The van der Waals surface area contributed by atoms with Crippen molar-refractivity contribution in [3.05, 3.63) is 0 Å². The standard InChI is InChI=1S/C12H22N2O3/c1-8(2)9(10(15)16)14-11(17)12(3)6-4-5-7-13-12/h8-9,13H,4-7H2,1-3H3,(H,14,17)(H,15,16)/t9-,12?/m0/s1. The van der Waals surface area contributed by atoms with E-state index in [-0.39, 0.29) is 11.8 Å². The molecule has 0 aromatic carbocycles. The Hall–Kier alpha value is -1.10. The predicted molar refractivity (Wildman–Crippen MR) is 64.7 cm³/mol. The molecule has 1 aliphatic heterocycles. The minimum absolute atomic E-state index is 0.122. The highest BCUT2D eigenvalue weighted by atomic mass is 16.4. The van der Waals surface area contributed by atoms with Gasteiger partial charge >= 0.3 is 5.97 Å². The van der Waals surface area contributed by atoms with Gasteiger partial charge in [0.1, 0.15) is 6.04 Å². The van der Waals surface area contributed by atoms with Gasteiger partial charge in [0, 0.05) is 0 Å². The molecule has 0 aromatic heterocycles. The Morgan fingerprint density at radius 1 is 1.35 bits per heavy atom. The third kappa shape index (κ3) is 3.43. The lowest BCUT2D eigenvalue weighted by atomic mass is 9.89. The SMILES string of the molecule is CC(C)[C@H](NC(=O)C1(C)CCCCN1)C(=O)O. The van der Waals surface area contributed by atoms with Crippen molar-refractivity contribution in [1.29, 1.82) is 0 Å². The highest BCUT2D eigenvalue weighted by molar-refractivity contribution is 5.90. The monoisotopic (exact) mass is 242 g/mol. The number of nitrogens with one attached hydrogen (secondary N) is 2. The maximum Gasteiger partial charge on any atom is 0.326 e. The molecule has 0 aliphatic carbocycles. The molecule has 17 heavy (non-hydrogen) atoms. The molecular weight excluding hydrogens is 220 g/mol. The van der Waals surface area contributed by atoms with Crippen LogP contribution in [0, 0.1) is 5.92 Å². The van der Waals surface area contributed by atoms with Crippen molar-refractivity contribution in [1.82, 2.24) is 10.6 Å². The molecule has 0 radical (unpaired) electrons. The maximum atomic E-state index is 12.1. The van der Waals surface area contributed by atoms with Gasteiger partial charge in [0.25, 0.3) is 0 Å². The summed E-state index contributed by atoms with van der Waals surface area (Å²) in [4.78, 5) is 23.1. The van der Waals surface area contributed by atoms with Crippen LogP contribution in [-0.2, 0) is 9.59 Å². The van der Waals surface area contributed by atoms with E-state index in [2.05, 4.69) is 10.6 Å². The minimum Gasteiger partial charge on any atom is -0.480 e. The van der Waals surface area contributed by atoms with E-state index in [4.69, 9.17) is 5.11 Å². The molecule has 1 fully saturated rings.